The number of carbonyl (C=O) groups is 1. The van der Waals surface area contributed by atoms with Gasteiger partial charge in [-0.3, -0.25) is 9.59 Å². The highest BCUT2D eigenvalue weighted by Gasteiger charge is 2.14. The molecular formula is C21H24N4O2. The van der Waals surface area contributed by atoms with E-state index in [1.54, 1.807) is 23.6 Å². The van der Waals surface area contributed by atoms with Gasteiger partial charge in [-0.25, -0.2) is 4.98 Å². The van der Waals surface area contributed by atoms with Gasteiger partial charge in [0.1, 0.15) is 0 Å². The molecule has 1 aromatic heterocycles. The van der Waals surface area contributed by atoms with Gasteiger partial charge in [-0.15, -0.1) is 0 Å². The standard InChI is InChI=1S/C21H24N4O2/c1-15(16-9-5-4-6-10-16)22-19(26)13-14-25-18-12-8-7-11-17(18)23-20(21(25)27)24(2)3/h4-12,15H,13-14H2,1-3H3,(H,22,26). The molecule has 6 nitrogen and oxygen atoms in total. The maximum absolute atomic E-state index is 12.8. The van der Waals surface area contributed by atoms with Crippen LogP contribution in [0.15, 0.2) is 59.4 Å². The van der Waals surface area contributed by atoms with Crippen molar-refractivity contribution in [1.29, 1.82) is 0 Å². The van der Waals surface area contributed by atoms with Crippen LogP contribution in [0.3, 0.4) is 0 Å². The molecule has 0 radical (unpaired) electrons. The first-order chi connectivity index (χ1) is 13.0. The summed E-state index contributed by atoms with van der Waals surface area (Å²) in [7, 11) is 3.58. The first kappa shape index (κ1) is 18.6. The molecule has 0 aliphatic rings. The van der Waals surface area contributed by atoms with E-state index in [-0.39, 0.29) is 23.9 Å². The van der Waals surface area contributed by atoms with Crippen LogP contribution in [0.5, 0.6) is 0 Å². The van der Waals surface area contributed by atoms with Gasteiger partial charge in [-0.1, -0.05) is 42.5 Å². The predicted octanol–water partition coefficient (Wildman–Crippen LogP) is 2.73. The van der Waals surface area contributed by atoms with Gasteiger partial charge in [-0.05, 0) is 24.6 Å². The van der Waals surface area contributed by atoms with Gasteiger partial charge in [0.25, 0.3) is 5.56 Å². The molecule has 6 heteroatoms. The maximum Gasteiger partial charge on any atom is 0.293 e. The van der Waals surface area contributed by atoms with Crippen molar-refractivity contribution >= 4 is 22.8 Å². The number of anilines is 1. The Bertz CT molecular complexity index is 996. The van der Waals surface area contributed by atoms with Crippen LogP contribution in [0.25, 0.3) is 11.0 Å². The lowest BCUT2D eigenvalue weighted by molar-refractivity contribution is -0.121. The van der Waals surface area contributed by atoms with E-state index >= 15 is 0 Å². The molecular weight excluding hydrogens is 340 g/mol. The molecule has 0 aliphatic carbocycles. The van der Waals surface area contributed by atoms with Gasteiger partial charge >= 0.3 is 0 Å². The Morgan fingerprint density at radius 1 is 1.11 bits per heavy atom. The fourth-order valence-corrected chi connectivity index (χ4v) is 3.04. The fourth-order valence-electron chi connectivity index (χ4n) is 3.04. The minimum atomic E-state index is -0.192. The van der Waals surface area contributed by atoms with Gasteiger partial charge in [-0.2, -0.15) is 0 Å². The summed E-state index contributed by atoms with van der Waals surface area (Å²) in [6.07, 6.45) is 0.220. The van der Waals surface area contributed by atoms with E-state index in [1.807, 2.05) is 61.5 Å². The molecule has 0 saturated carbocycles. The number of nitrogens with zero attached hydrogens (tertiary/aromatic N) is 3. The number of benzene rings is 2. The lowest BCUT2D eigenvalue weighted by Gasteiger charge is -2.17. The van der Waals surface area contributed by atoms with Crippen molar-refractivity contribution < 1.29 is 4.79 Å². The van der Waals surface area contributed by atoms with E-state index in [4.69, 9.17) is 0 Å². The van der Waals surface area contributed by atoms with Crippen molar-refractivity contribution in [3.8, 4) is 0 Å². The molecule has 1 atom stereocenters. The monoisotopic (exact) mass is 364 g/mol. The summed E-state index contributed by atoms with van der Waals surface area (Å²) in [6.45, 7) is 2.25. The molecule has 1 heterocycles. The van der Waals surface area contributed by atoms with Gasteiger partial charge in [0.15, 0.2) is 5.82 Å². The number of nitrogens with one attached hydrogen (secondary N) is 1. The molecule has 0 spiro atoms. The maximum atomic E-state index is 12.8. The molecule has 3 rings (SSSR count). The summed E-state index contributed by atoms with van der Waals surface area (Å²) >= 11 is 0. The second kappa shape index (κ2) is 8.03. The minimum absolute atomic E-state index is 0.0815. The molecule has 0 saturated heterocycles. The molecule has 1 amide bonds. The minimum Gasteiger partial charge on any atom is -0.358 e. The van der Waals surface area contributed by atoms with E-state index in [0.717, 1.165) is 16.6 Å². The zero-order valence-corrected chi connectivity index (χ0v) is 15.8. The SMILES string of the molecule is CC(NC(=O)CCn1c(=O)c(N(C)C)nc2ccccc21)c1ccccc1. The largest absolute Gasteiger partial charge is 0.358 e. The Labute approximate surface area is 158 Å². The Kier molecular flexibility index (Phi) is 5.54. The van der Waals surface area contributed by atoms with E-state index in [2.05, 4.69) is 10.3 Å². The quantitative estimate of drug-likeness (QED) is 0.730. The van der Waals surface area contributed by atoms with Crippen LogP contribution in [0.1, 0.15) is 24.9 Å². The van der Waals surface area contributed by atoms with Crippen molar-refractivity contribution in [3.05, 3.63) is 70.5 Å². The van der Waals surface area contributed by atoms with Crippen molar-refractivity contribution in [2.24, 2.45) is 0 Å². The van der Waals surface area contributed by atoms with E-state index in [1.165, 1.54) is 0 Å². The van der Waals surface area contributed by atoms with Crippen LogP contribution in [-0.2, 0) is 11.3 Å². The van der Waals surface area contributed by atoms with Crippen LogP contribution < -0.4 is 15.8 Å². The first-order valence-electron chi connectivity index (χ1n) is 8.98. The predicted molar refractivity (Wildman–Crippen MR) is 108 cm³/mol. The van der Waals surface area contributed by atoms with E-state index in [9.17, 15) is 9.59 Å². The van der Waals surface area contributed by atoms with Crippen molar-refractivity contribution in [2.45, 2.75) is 25.9 Å². The second-order valence-corrected chi connectivity index (χ2v) is 6.73. The highest BCUT2D eigenvalue weighted by atomic mass is 16.2. The third kappa shape index (κ3) is 4.16. The smallest absolute Gasteiger partial charge is 0.293 e. The summed E-state index contributed by atoms with van der Waals surface area (Å²) in [4.78, 5) is 31.4. The number of hydrogen-bond acceptors (Lipinski definition) is 4. The fraction of sp³-hybridized carbons (Fsp3) is 0.286. The number of rotatable bonds is 6. The molecule has 27 heavy (non-hydrogen) atoms. The Balaban J connectivity index is 1.79. The molecule has 3 aromatic rings. The third-order valence-corrected chi connectivity index (χ3v) is 4.50. The number of aromatic nitrogens is 2. The topological polar surface area (TPSA) is 67.2 Å². The molecule has 2 aromatic carbocycles. The Hall–Kier alpha value is -3.15. The molecule has 1 N–H and O–H groups in total. The van der Waals surface area contributed by atoms with Crippen LogP contribution >= 0.6 is 0 Å². The highest BCUT2D eigenvalue weighted by Crippen LogP contribution is 2.14. The van der Waals surface area contributed by atoms with Gasteiger partial charge < -0.3 is 14.8 Å². The number of aryl methyl sites for hydroxylation is 1. The highest BCUT2D eigenvalue weighted by molar-refractivity contribution is 5.78. The zero-order valence-electron chi connectivity index (χ0n) is 15.8. The molecule has 1 unspecified atom stereocenters. The summed E-state index contributed by atoms with van der Waals surface area (Å²) in [5, 5.41) is 2.99. The average molecular weight is 364 g/mol. The van der Waals surface area contributed by atoms with Gasteiger partial charge in [0, 0.05) is 27.1 Å². The number of hydrogen-bond donors (Lipinski definition) is 1. The number of para-hydroxylation sites is 2. The van der Waals surface area contributed by atoms with E-state index < -0.39 is 0 Å². The van der Waals surface area contributed by atoms with Crippen LogP contribution in [0.2, 0.25) is 0 Å². The number of carbonyl (C=O) groups excluding carboxylic acids is 1. The third-order valence-electron chi connectivity index (χ3n) is 4.50. The molecule has 140 valence electrons. The summed E-state index contributed by atoms with van der Waals surface area (Å²) in [5.74, 6) is 0.275. The van der Waals surface area contributed by atoms with Crippen molar-refractivity contribution in [2.75, 3.05) is 19.0 Å². The van der Waals surface area contributed by atoms with Gasteiger partial charge in [0.2, 0.25) is 5.91 Å². The summed E-state index contributed by atoms with van der Waals surface area (Å²) in [5.41, 5.74) is 2.32. The lowest BCUT2D eigenvalue weighted by Crippen LogP contribution is -2.32. The van der Waals surface area contributed by atoms with Crippen LogP contribution in [0.4, 0.5) is 5.82 Å². The van der Waals surface area contributed by atoms with Gasteiger partial charge in [0.05, 0.1) is 17.1 Å². The zero-order chi connectivity index (χ0) is 19.4. The first-order valence-corrected chi connectivity index (χ1v) is 8.98. The van der Waals surface area contributed by atoms with Crippen LogP contribution in [-0.4, -0.2) is 29.6 Å². The average Bonchev–Trinajstić information content (AvgIpc) is 2.67. The Morgan fingerprint density at radius 2 is 1.78 bits per heavy atom. The van der Waals surface area contributed by atoms with Crippen molar-refractivity contribution in [3.63, 3.8) is 0 Å². The molecule has 0 aliphatic heterocycles. The Morgan fingerprint density at radius 3 is 2.48 bits per heavy atom. The normalized spacial score (nSPS) is 12.0. The summed E-state index contributed by atoms with van der Waals surface area (Å²) < 4.78 is 1.63. The molecule has 0 bridgehead atoms. The number of fused-ring (bicyclic) bond motifs is 1. The molecule has 0 fully saturated rings. The second-order valence-electron chi connectivity index (χ2n) is 6.73. The number of amides is 1. The van der Waals surface area contributed by atoms with Crippen molar-refractivity contribution in [1.82, 2.24) is 14.9 Å². The lowest BCUT2D eigenvalue weighted by atomic mass is 10.1. The summed E-state index contributed by atoms with van der Waals surface area (Å²) in [6, 6.07) is 17.2. The van der Waals surface area contributed by atoms with E-state index in [0.29, 0.717) is 12.4 Å². The van der Waals surface area contributed by atoms with Crippen LogP contribution in [0, 0.1) is 0 Å².